The maximum atomic E-state index is 8.81. The second-order valence-electron chi connectivity index (χ2n) is 3.76. The monoisotopic (exact) mass is 211 g/mol. The summed E-state index contributed by atoms with van der Waals surface area (Å²) in [7, 11) is 0. The van der Waals surface area contributed by atoms with Crippen LogP contribution in [-0.2, 0) is 6.54 Å². The van der Waals surface area contributed by atoms with Crippen molar-refractivity contribution in [3.8, 4) is 0 Å². The summed E-state index contributed by atoms with van der Waals surface area (Å²) in [6, 6.07) is 0. The van der Waals surface area contributed by atoms with E-state index in [1.54, 1.807) is 4.68 Å². The third kappa shape index (κ3) is 2.20. The molecule has 6 heteroatoms. The standard InChI is InChI=1S/C9H17N5O/c10-8-11-9(12-14(8)6-7-15)13-4-2-1-3-5-13/h15H,1-7H2,(H2,10,11,12). The fourth-order valence-electron chi connectivity index (χ4n) is 1.83. The van der Waals surface area contributed by atoms with Crippen molar-refractivity contribution >= 4 is 11.9 Å². The molecule has 84 valence electrons. The SMILES string of the molecule is Nc1nc(N2CCCCC2)nn1CCO. The van der Waals surface area contributed by atoms with Crippen LogP contribution >= 0.6 is 0 Å². The molecule has 3 N–H and O–H groups in total. The van der Waals surface area contributed by atoms with Gasteiger partial charge in [0.25, 0.3) is 0 Å². The molecule has 0 aromatic carbocycles. The van der Waals surface area contributed by atoms with Gasteiger partial charge in [-0.15, -0.1) is 5.10 Å². The molecular weight excluding hydrogens is 194 g/mol. The summed E-state index contributed by atoms with van der Waals surface area (Å²) in [5.41, 5.74) is 5.69. The zero-order valence-electron chi connectivity index (χ0n) is 8.76. The Morgan fingerprint density at radius 1 is 1.27 bits per heavy atom. The highest BCUT2D eigenvalue weighted by Gasteiger charge is 2.16. The summed E-state index contributed by atoms with van der Waals surface area (Å²) in [6.45, 7) is 2.45. The molecule has 0 bridgehead atoms. The Morgan fingerprint density at radius 2 is 2.00 bits per heavy atom. The molecule has 15 heavy (non-hydrogen) atoms. The van der Waals surface area contributed by atoms with Crippen molar-refractivity contribution in [2.45, 2.75) is 25.8 Å². The van der Waals surface area contributed by atoms with Crippen LogP contribution in [0.1, 0.15) is 19.3 Å². The molecule has 2 heterocycles. The van der Waals surface area contributed by atoms with E-state index in [1.807, 2.05) is 0 Å². The van der Waals surface area contributed by atoms with Gasteiger partial charge in [0.2, 0.25) is 11.9 Å². The van der Waals surface area contributed by atoms with Crippen LogP contribution < -0.4 is 10.6 Å². The van der Waals surface area contributed by atoms with Gasteiger partial charge in [-0.05, 0) is 19.3 Å². The van der Waals surface area contributed by atoms with Crippen LogP contribution in [0.2, 0.25) is 0 Å². The Labute approximate surface area is 88.7 Å². The van der Waals surface area contributed by atoms with Gasteiger partial charge in [0.1, 0.15) is 0 Å². The average molecular weight is 211 g/mol. The van der Waals surface area contributed by atoms with Crippen LogP contribution in [-0.4, -0.2) is 39.6 Å². The van der Waals surface area contributed by atoms with E-state index < -0.39 is 0 Å². The Hall–Kier alpha value is -1.30. The van der Waals surface area contributed by atoms with Gasteiger partial charge in [-0.3, -0.25) is 0 Å². The fourth-order valence-corrected chi connectivity index (χ4v) is 1.83. The topological polar surface area (TPSA) is 80.2 Å². The van der Waals surface area contributed by atoms with E-state index >= 15 is 0 Å². The predicted octanol–water partition coefficient (Wildman–Crippen LogP) is -0.157. The number of aliphatic hydroxyl groups excluding tert-OH is 1. The van der Waals surface area contributed by atoms with Gasteiger partial charge in [-0.25, -0.2) is 4.68 Å². The molecule has 1 fully saturated rings. The first-order valence-electron chi connectivity index (χ1n) is 5.37. The highest BCUT2D eigenvalue weighted by molar-refractivity contribution is 5.35. The Kier molecular flexibility index (Phi) is 3.05. The molecule has 0 unspecified atom stereocenters. The van der Waals surface area contributed by atoms with Crippen LogP contribution in [0.15, 0.2) is 0 Å². The molecule has 0 radical (unpaired) electrons. The third-order valence-electron chi connectivity index (χ3n) is 2.64. The minimum atomic E-state index is 0.0347. The number of aliphatic hydroxyl groups is 1. The number of hydrogen-bond donors (Lipinski definition) is 2. The molecule has 1 aliphatic rings. The van der Waals surface area contributed by atoms with Gasteiger partial charge < -0.3 is 15.7 Å². The molecule has 1 aromatic rings. The van der Waals surface area contributed by atoms with Crippen molar-refractivity contribution < 1.29 is 5.11 Å². The molecule has 1 aliphatic heterocycles. The molecule has 0 atom stereocenters. The van der Waals surface area contributed by atoms with E-state index in [0.29, 0.717) is 18.4 Å². The molecule has 0 saturated carbocycles. The van der Waals surface area contributed by atoms with Crippen molar-refractivity contribution in [3.63, 3.8) is 0 Å². The van der Waals surface area contributed by atoms with Crippen LogP contribution in [0.4, 0.5) is 11.9 Å². The number of nitrogen functional groups attached to an aromatic ring is 1. The number of nitrogens with two attached hydrogens (primary N) is 1. The van der Waals surface area contributed by atoms with E-state index in [2.05, 4.69) is 15.0 Å². The van der Waals surface area contributed by atoms with Crippen molar-refractivity contribution in [2.24, 2.45) is 0 Å². The summed E-state index contributed by atoms with van der Waals surface area (Å²) >= 11 is 0. The van der Waals surface area contributed by atoms with E-state index in [4.69, 9.17) is 10.8 Å². The number of nitrogens with zero attached hydrogens (tertiary/aromatic N) is 4. The fraction of sp³-hybridized carbons (Fsp3) is 0.778. The lowest BCUT2D eigenvalue weighted by molar-refractivity contribution is 0.270. The van der Waals surface area contributed by atoms with E-state index in [1.165, 1.54) is 19.3 Å². The van der Waals surface area contributed by atoms with Gasteiger partial charge in [0, 0.05) is 13.1 Å². The van der Waals surface area contributed by atoms with Crippen LogP contribution in [0.3, 0.4) is 0 Å². The quantitative estimate of drug-likeness (QED) is 0.726. The molecule has 1 aromatic heterocycles. The van der Waals surface area contributed by atoms with Crippen molar-refractivity contribution in [2.75, 3.05) is 30.3 Å². The van der Waals surface area contributed by atoms with E-state index in [0.717, 1.165) is 13.1 Å². The Bertz CT molecular complexity index is 318. The summed E-state index contributed by atoms with van der Waals surface area (Å²) < 4.78 is 1.55. The Balaban J connectivity index is 2.10. The summed E-state index contributed by atoms with van der Waals surface area (Å²) in [5, 5.41) is 13.1. The minimum Gasteiger partial charge on any atom is -0.394 e. The van der Waals surface area contributed by atoms with Gasteiger partial charge in [0.05, 0.1) is 13.2 Å². The lowest BCUT2D eigenvalue weighted by Crippen LogP contribution is -2.30. The maximum Gasteiger partial charge on any atom is 0.246 e. The summed E-state index contributed by atoms with van der Waals surface area (Å²) in [5.74, 6) is 1.07. The third-order valence-corrected chi connectivity index (χ3v) is 2.64. The van der Waals surface area contributed by atoms with Gasteiger partial charge in [-0.1, -0.05) is 0 Å². The average Bonchev–Trinajstić information content (AvgIpc) is 2.63. The largest absolute Gasteiger partial charge is 0.394 e. The van der Waals surface area contributed by atoms with E-state index in [9.17, 15) is 0 Å². The summed E-state index contributed by atoms with van der Waals surface area (Å²) in [4.78, 5) is 6.34. The smallest absolute Gasteiger partial charge is 0.246 e. The highest BCUT2D eigenvalue weighted by atomic mass is 16.3. The molecule has 0 aliphatic carbocycles. The van der Waals surface area contributed by atoms with Crippen LogP contribution in [0.25, 0.3) is 0 Å². The number of anilines is 2. The molecule has 0 spiro atoms. The lowest BCUT2D eigenvalue weighted by atomic mass is 10.1. The first-order valence-corrected chi connectivity index (χ1v) is 5.37. The normalized spacial score (nSPS) is 17.0. The zero-order valence-corrected chi connectivity index (χ0v) is 8.76. The Morgan fingerprint density at radius 3 is 2.67 bits per heavy atom. The van der Waals surface area contributed by atoms with Crippen LogP contribution in [0.5, 0.6) is 0 Å². The van der Waals surface area contributed by atoms with Gasteiger partial charge in [0.15, 0.2) is 0 Å². The highest BCUT2D eigenvalue weighted by Crippen LogP contribution is 2.16. The molecule has 6 nitrogen and oxygen atoms in total. The van der Waals surface area contributed by atoms with Gasteiger partial charge in [-0.2, -0.15) is 4.98 Å². The predicted molar refractivity (Wildman–Crippen MR) is 57.6 cm³/mol. The van der Waals surface area contributed by atoms with Crippen molar-refractivity contribution in [3.05, 3.63) is 0 Å². The van der Waals surface area contributed by atoms with Crippen molar-refractivity contribution in [1.29, 1.82) is 0 Å². The maximum absolute atomic E-state index is 8.81. The van der Waals surface area contributed by atoms with Gasteiger partial charge >= 0.3 is 0 Å². The minimum absolute atomic E-state index is 0.0347. The number of piperidine rings is 1. The number of aromatic nitrogens is 3. The summed E-state index contributed by atoms with van der Waals surface area (Å²) in [6.07, 6.45) is 3.66. The number of rotatable bonds is 3. The second-order valence-corrected chi connectivity index (χ2v) is 3.76. The molecule has 2 rings (SSSR count). The van der Waals surface area contributed by atoms with E-state index in [-0.39, 0.29) is 6.61 Å². The number of hydrogen-bond acceptors (Lipinski definition) is 5. The molecular formula is C9H17N5O. The second kappa shape index (κ2) is 4.48. The van der Waals surface area contributed by atoms with Crippen molar-refractivity contribution in [1.82, 2.24) is 14.8 Å². The molecule has 1 saturated heterocycles. The first-order chi connectivity index (χ1) is 7.31. The van der Waals surface area contributed by atoms with Crippen LogP contribution in [0, 0.1) is 0 Å². The lowest BCUT2D eigenvalue weighted by Gasteiger charge is -2.24. The molecule has 0 amide bonds. The first kappa shape index (κ1) is 10.2. The zero-order chi connectivity index (χ0) is 10.7.